The van der Waals surface area contributed by atoms with Gasteiger partial charge in [-0.25, -0.2) is 9.97 Å². The molecule has 0 spiro atoms. The van der Waals surface area contributed by atoms with Gasteiger partial charge in [0.25, 0.3) is 0 Å². The second-order valence-corrected chi connectivity index (χ2v) is 5.88. The molecule has 1 aliphatic rings. The number of thiophene rings is 1. The summed E-state index contributed by atoms with van der Waals surface area (Å²) >= 11 is 1.74. The van der Waals surface area contributed by atoms with E-state index in [9.17, 15) is 0 Å². The number of fused-ring (bicyclic) bond motifs is 1. The predicted octanol–water partition coefficient (Wildman–Crippen LogP) is 2.16. The van der Waals surface area contributed by atoms with Gasteiger partial charge in [0.2, 0.25) is 0 Å². The third kappa shape index (κ3) is 2.62. The fraction of sp³-hybridized carbons (Fsp3) is 0.429. The topological polar surface area (TPSA) is 32.3 Å². The number of hydrogen-bond acceptors (Lipinski definition) is 5. The van der Waals surface area contributed by atoms with Crippen LogP contribution < -0.4 is 4.90 Å². The minimum Gasteiger partial charge on any atom is -0.355 e. The summed E-state index contributed by atoms with van der Waals surface area (Å²) < 4.78 is 0. The Morgan fingerprint density at radius 3 is 3.11 bits per heavy atom. The van der Waals surface area contributed by atoms with Crippen molar-refractivity contribution in [3.63, 3.8) is 0 Å². The smallest absolute Gasteiger partial charge is 0.136 e. The largest absolute Gasteiger partial charge is 0.355 e. The first-order valence-electron chi connectivity index (χ1n) is 6.47. The molecule has 2 aromatic rings. The Balaban J connectivity index is 1.88. The molecule has 3 rings (SSSR count). The maximum absolute atomic E-state index is 4.50. The number of aromatic nitrogens is 2. The average molecular weight is 274 g/mol. The fourth-order valence-corrected chi connectivity index (χ4v) is 3.18. The van der Waals surface area contributed by atoms with Crippen LogP contribution in [0.15, 0.2) is 23.2 Å². The minimum atomic E-state index is 0.899. The molecule has 0 saturated heterocycles. The van der Waals surface area contributed by atoms with E-state index in [2.05, 4.69) is 50.7 Å². The number of rotatable bonds is 3. The Morgan fingerprint density at radius 1 is 1.42 bits per heavy atom. The summed E-state index contributed by atoms with van der Waals surface area (Å²) in [5.41, 5.74) is 3.83. The van der Waals surface area contributed by atoms with Crippen LogP contribution >= 0.6 is 11.3 Å². The summed E-state index contributed by atoms with van der Waals surface area (Å²) in [5.74, 6) is 1.07. The monoisotopic (exact) mass is 274 g/mol. The van der Waals surface area contributed by atoms with E-state index in [0.29, 0.717) is 0 Å². The molecule has 4 nitrogen and oxygen atoms in total. The summed E-state index contributed by atoms with van der Waals surface area (Å²) in [4.78, 5) is 13.5. The molecule has 0 aliphatic carbocycles. The highest BCUT2D eigenvalue weighted by molar-refractivity contribution is 7.07. The van der Waals surface area contributed by atoms with E-state index in [0.717, 1.165) is 31.9 Å². The van der Waals surface area contributed by atoms with Crippen LogP contribution in [0.1, 0.15) is 16.8 Å². The molecule has 0 N–H and O–H groups in total. The lowest BCUT2D eigenvalue weighted by Crippen LogP contribution is -2.30. The van der Waals surface area contributed by atoms with E-state index in [1.54, 1.807) is 17.7 Å². The molecule has 0 aromatic carbocycles. The van der Waals surface area contributed by atoms with Crippen LogP contribution in [0.25, 0.3) is 0 Å². The number of nitrogens with zero attached hydrogens (tertiary/aromatic N) is 4. The van der Waals surface area contributed by atoms with Crippen molar-refractivity contribution in [3.05, 3.63) is 40.0 Å². The average Bonchev–Trinajstić information content (AvgIpc) is 2.90. The highest BCUT2D eigenvalue weighted by Crippen LogP contribution is 2.25. The molecular formula is C14H18N4S. The van der Waals surface area contributed by atoms with Crippen molar-refractivity contribution in [1.82, 2.24) is 14.9 Å². The summed E-state index contributed by atoms with van der Waals surface area (Å²) in [6, 6.07) is 2.17. The van der Waals surface area contributed by atoms with E-state index in [1.807, 2.05) is 0 Å². The first kappa shape index (κ1) is 12.6. The summed E-state index contributed by atoms with van der Waals surface area (Å²) in [5, 5.41) is 4.31. The Morgan fingerprint density at radius 2 is 2.32 bits per heavy atom. The number of likely N-dealkylation sites (N-methyl/N-ethyl adjacent to an activating group) is 1. The summed E-state index contributed by atoms with van der Waals surface area (Å²) in [6.07, 6.45) is 2.72. The van der Waals surface area contributed by atoms with Crippen molar-refractivity contribution < 1.29 is 0 Å². The third-order valence-electron chi connectivity index (χ3n) is 3.53. The van der Waals surface area contributed by atoms with Crippen molar-refractivity contribution >= 4 is 17.2 Å². The van der Waals surface area contributed by atoms with Gasteiger partial charge in [-0.3, -0.25) is 0 Å². The lowest BCUT2D eigenvalue weighted by molar-refractivity contribution is 0.309. The molecule has 2 aromatic heterocycles. The Hall–Kier alpha value is -1.46. The lowest BCUT2D eigenvalue weighted by Gasteiger charge is -2.28. The molecule has 1 aliphatic heterocycles. The van der Waals surface area contributed by atoms with Crippen LogP contribution in [-0.2, 0) is 19.5 Å². The highest BCUT2D eigenvalue weighted by atomic mass is 32.1. The van der Waals surface area contributed by atoms with E-state index < -0.39 is 0 Å². The van der Waals surface area contributed by atoms with Crippen LogP contribution in [0.2, 0.25) is 0 Å². The van der Waals surface area contributed by atoms with Crippen LogP contribution in [-0.4, -0.2) is 35.5 Å². The van der Waals surface area contributed by atoms with Gasteiger partial charge in [0.1, 0.15) is 12.1 Å². The van der Waals surface area contributed by atoms with E-state index in [1.165, 1.54) is 16.8 Å². The summed E-state index contributed by atoms with van der Waals surface area (Å²) in [6.45, 7) is 2.92. The Bertz CT molecular complexity index is 553. The molecule has 3 heterocycles. The van der Waals surface area contributed by atoms with Crippen molar-refractivity contribution in [2.45, 2.75) is 19.5 Å². The zero-order valence-electron chi connectivity index (χ0n) is 11.3. The second-order valence-electron chi connectivity index (χ2n) is 5.10. The minimum absolute atomic E-state index is 0.899. The SMILES string of the molecule is CN1CCc2ncnc(N(C)Cc3ccsc3)c2C1. The fourth-order valence-electron chi connectivity index (χ4n) is 2.52. The molecule has 19 heavy (non-hydrogen) atoms. The quantitative estimate of drug-likeness (QED) is 0.858. The first-order valence-corrected chi connectivity index (χ1v) is 7.42. The lowest BCUT2D eigenvalue weighted by atomic mass is 10.1. The maximum atomic E-state index is 4.50. The highest BCUT2D eigenvalue weighted by Gasteiger charge is 2.20. The molecular weight excluding hydrogens is 256 g/mol. The Labute approximate surface area is 117 Å². The molecule has 0 bridgehead atoms. The molecule has 0 amide bonds. The predicted molar refractivity (Wildman–Crippen MR) is 78.5 cm³/mol. The maximum Gasteiger partial charge on any atom is 0.136 e. The van der Waals surface area contributed by atoms with Crippen molar-refractivity contribution in [2.75, 3.05) is 25.5 Å². The van der Waals surface area contributed by atoms with Gasteiger partial charge in [0, 0.05) is 38.7 Å². The van der Waals surface area contributed by atoms with E-state index >= 15 is 0 Å². The van der Waals surface area contributed by atoms with E-state index in [4.69, 9.17) is 0 Å². The van der Waals surface area contributed by atoms with Crippen LogP contribution in [0.5, 0.6) is 0 Å². The third-order valence-corrected chi connectivity index (χ3v) is 4.26. The second kappa shape index (κ2) is 5.27. The zero-order chi connectivity index (χ0) is 13.2. The van der Waals surface area contributed by atoms with Crippen molar-refractivity contribution in [3.8, 4) is 0 Å². The molecule has 0 atom stereocenters. The van der Waals surface area contributed by atoms with Gasteiger partial charge in [-0.2, -0.15) is 11.3 Å². The standard InChI is InChI=1S/C14H18N4S/c1-17-5-3-13-12(8-17)14(16-10-15-13)18(2)7-11-4-6-19-9-11/h4,6,9-10H,3,5,7-8H2,1-2H3. The van der Waals surface area contributed by atoms with Crippen molar-refractivity contribution in [1.29, 1.82) is 0 Å². The molecule has 0 saturated carbocycles. The Kier molecular flexibility index (Phi) is 3.48. The first-order chi connectivity index (χ1) is 9.24. The summed E-state index contributed by atoms with van der Waals surface area (Å²) in [7, 11) is 4.26. The van der Waals surface area contributed by atoms with Crippen LogP contribution in [0, 0.1) is 0 Å². The zero-order valence-corrected chi connectivity index (χ0v) is 12.2. The molecule has 100 valence electrons. The van der Waals surface area contributed by atoms with Gasteiger partial charge >= 0.3 is 0 Å². The van der Waals surface area contributed by atoms with Crippen LogP contribution in [0.4, 0.5) is 5.82 Å². The van der Waals surface area contributed by atoms with Gasteiger partial charge < -0.3 is 9.80 Å². The van der Waals surface area contributed by atoms with Crippen LogP contribution in [0.3, 0.4) is 0 Å². The van der Waals surface area contributed by atoms with Gasteiger partial charge in [0.05, 0.1) is 5.69 Å². The van der Waals surface area contributed by atoms with Gasteiger partial charge in [0.15, 0.2) is 0 Å². The number of hydrogen-bond donors (Lipinski definition) is 0. The molecule has 0 radical (unpaired) electrons. The van der Waals surface area contributed by atoms with Crippen molar-refractivity contribution in [2.24, 2.45) is 0 Å². The van der Waals surface area contributed by atoms with Gasteiger partial charge in [-0.05, 0) is 29.4 Å². The molecule has 0 unspecified atom stereocenters. The molecule has 5 heteroatoms. The molecule has 0 fully saturated rings. The van der Waals surface area contributed by atoms with Gasteiger partial charge in [-0.1, -0.05) is 0 Å². The van der Waals surface area contributed by atoms with Gasteiger partial charge in [-0.15, -0.1) is 0 Å². The van der Waals surface area contributed by atoms with E-state index in [-0.39, 0.29) is 0 Å². The number of anilines is 1. The normalized spacial score (nSPS) is 15.3.